The number of nitrogens with one attached hydrogen (secondary N) is 3. The number of nitrogens with zero attached hydrogens (tertiary/aromatic N) is 1. The number of aliphatic hydroxyl groups excluding tert-OH is 1. The Labute approximate surface area is 295 Å². The van der Waals surface area contributed by atoms with Gasteiger partial charge in [0.25, 0.3) is 0 Å². The van der Waals surface area contributed by atoms with Crippen molar-refractivity contribution in [2.75, 3.05) is 26.9 Å². The molecule has 2 atom stereocenters. The highest BCUT2D eigenvalue weighted by Gasteiger charge is 2.32. The fraction of sp³-hybridized carbons (Fsp3) is 0.270. The second kappa shape index (κ2) is 16.8. The minimum atomic E-state index is -1.19. The Morgan fingerprint density at radius 3 is 2.48 bits per heavy atom. The van der Waals surface area contributed by atoms with Gasteiger partial charge in [-0.3, -0.25) is 5.43 Å². The Morgan fingerprint density at radius 1 is 0.960 bits per heavy atom. The monoisotopic (exact) mass is 702 g/mol. The Bertz CT molecular complexity index is 1910. The largest absolute Gasteiger partial charge is 0.490 e. The summed E-state index contributed by atoms with van der Waals surface area (Å²) in [6.07, 6.45) is 0.305. The van der Waals surface area contributed by atoms with Crippen LogP contribution < -0.4 is 35.0 Å². The van der Waals surface area contributed by atoms with Gasteiger partial charge in [0.1, 0.15) is 13.2 Å². The number of amides is 2. The molecule has 0 bridgehead atoms. The summed E-state index contributed by atoms with van der Waals surface area (Å²) in [5, 5.41) is 22.7. The fourth-order valence-electron chi connectivity index (χ4n) is 5.37. The fourth-order valence-corrected chi connectivity index (χ4v) is 5.64. The first-order valence-corrected chi connectivity index (χ1v) is 16.4. The second-order valence-electron chi connectivity index (χ2n) is 11.1. The van der Waals surface area contributed by atoms with Gasteiger partial charge in [-0.1, -0.05) is 54.1 Å². The van der Waals surface area contributed by atoms with E-state index in [1.54, 1.807) is 37.3 Å². The molecule has 0 spiro atoms. The van der Waals surface area contributed by atoms with Gasteiger partial charge in [0, 0.05) is 5.70 Å². The highest BCUT2D eigenvalue weighted by molar-refractivity contribution is 6.32. The molecule has 2 amide bonds. The van der Waals surface area contributed by atoms with E-state index in [4.69, 9.17) is 35.3 Å². The molecule has 13 heteroatoms. The molecule has 4 aromatic carbocycles. The summed E-state index contributed by atoms with van der Waals surface area (Å²) in [6.45, 7) is 6.15. The van der Waals surface area contributed by atoms with Crippen molar-refractivity contribution in [1.29, 1.82) is 0 Å². The highest BCUT2D eigenvalue weighted by atomic mass is 35.5. The van der Waals surface area contributed by atoms with Crippen molar-refractivity contribution in [3.8, 4) is 23.0 Å². The van der Waals surface area contributed by atoms with E-state index in [1.165, 1.54) is 13.3 Å². The van der Waals surface area contributed by atoms with Gasteiger partial charge >= 0.3 is 12.0 Å². The minimum absolute atomic E-state index is 0.181. The van der Waals surface area contributed by atoms with Gasteiger partial charge in [-0.05, 0) is 78.6 Å². The molecule has 12 nitrogen and oxygen atoms in total. The Kier molecular flexibility index (Phi) is 12.0. The third-order valence-corrected chi connectivity index (χ3v) is 7.92. The second-order valence-corrected chi connectivity index (χ2v) is 11.6. The van der Waals surface area contributed by atoms with Crippen LogP contribution >= 0.6 is 11.6 Å². The number of carbonyl (C=O) groups excluding carboxylic acids is 2. The zero-order valence-electron chi connectivity index (χ0n) is 28.1. The van der Waals surface area contributed by atoms with E-state index in [2.05, 4.69) is 45.4 Å². The molecule has 0 unspecified atom stereocenters. The van der Waals surface area contributed by atoms with Crippen molar-refractivity contribution in [2.24, 2.45) is 5.10 Å². The quantitative estimate of drug-likeness (QED) is 0.0507. The van der Waals surface area contributed by atoms with E-state index in [-0.39, 0.29) is 12.2 Å². The number of carbonyl (C=O) groups is 2. The van der Waals surface area contributed by atoms with E-state index in [0.29, 0.717) is 64.7 Å². The highest BCUT2D eigenvalue weighted by Crippen LogP contribution is 2.37. The number of rotatable bonds is 15. The summed E-state index contributed by atoms with van der Waals surface area (Å²) in [5.74, 6) is 1.01. The van der Waals surface area contributed by atoms with E-state index in [9.17, 15) is 14.7 Å². The van der Waals surface area contributed by atoms with Gasteiger partial charge in [-0.25, -0.2) is 9.59 Å². The predicted octanol–water partition coefficient (Wildman–Crippen LogP) is 5.99. The molecule has 0 aliphatic carbocycles. The number of allylic oxidation sites excluding steroid dienone is 1. The predicted molar refractivity (Wildman–Crippen MR) is 190 cm³/mol. The van der Waals surface area contributed by atoms with Crippen LogP contribution in [0, 0.1) is 0 Å². The van der Waals surface area contributed by atoms with Crippen molar-refractivity contribution in [1.82, 2.24) is 16.1 Å². The molecule has 4 aromatic rings. The van der Waals surface area contributed by atoms with E-state index >= 15 is 0 Å². The number of ether oxygens (including phenoxy) is 5. The summed E-state index contributed by atoms with van der Waals surface area (Å²) in [5.41, 5.74) is 5.47. The topological polar surface area (TPSA) is 149 Å². The van der Waals surface area contributed by atoms with Crippen molar-refractivity contribution in [3.05, 3.63) is 106 Å². The zero-order valence-corrected chi connectivity index (χ0v) is 28.9. The third kappa shape index (κ3) is 8.76. The molecule has 4 N–H and O–H groups in total. The standard InChI is InChI=1S/C37H39ClN4O8/c1-5-47-30-18-27(34-33(36(44)46-4)22(3)40-37(45)41-34)13-14-29(30)49-21-32(43)42-39-19-24-16-28(38)35(31(17-24)48-6-2)50-20-23-11-12-25-9-7-8-10-26(25)15-23/h7-19,32,34,42-43H,5-6,20-21H2,1-4H3,(H2,40,41,45)/b39-19-/t32-,34-/m1/s1. The molecule has 1 heterocycles. The van der Waals surface area contributed by atoms with Crippen LogP contribution in [0.2, 0.25) is 5.02 Å². The number of esters is 1. The maximum Gasteiger partial charge on any atom is 0.337 e. The number of aliphatic hydroxyl groups is 1. The van der Waals surface area contributed by atoms with Gasteiger partial charge in [0.15, 0.2) is 29.2 Å². The van der Waals surface area contributed by atoms with Crippen LogP contribution in [0.1, 0.15) is 43.5 Å². The maximum atomic E-state index is 12.5. The van der Waals surface area contributed by atoms with Crippen molar-refractivity contribution >= 4 is 40.6 Å². The molecular weight excluding hydrogens is 664 g/mol. The van der Waals surface area contributed by atoms with Crippen LogP contribution in [0.5, 0.6) is 23.0 Å². The number of methoxy groups -OCH3 is 1. The molecule has 0 radical (unpaired) electrons. The minimum Gasteiger partial charge on any atom is -0.490 e. The van der Waals surface area contributed by atoms with Gasteiger partial charge in [-0.15, -0.1) is 0 Å². The van der Waals surface area contributed by atoms with Gasteiger partial charge < -0.3 is 39.4 Å². The lowest BCUT2D eigenvalue weighted by atomic mass is 9.95. The van der Waals surface area contributed by atoms with Crippen LogP contribution in [0.4, 0.5) is 4.79 Å². The Balaban J connectivity index is 1.21. The average Bonchev–Trinajstić information content (AvgIpc) is 3.10. The molecule has 262 valence electrons. The zero-order chi connectivity index (χ0) is 35.6. The van der Waals surface area contributed by atoms with Gasteiger partial charge in [0.2, 0.25) is 0 Å². The number of halogens is 1. The van der Waals surface area contributed by atoms with Crippen LogP contribution in [0.15, 0.2) is 89.2 Å². The van der Waals surface area contributed by atoms with E-state index in [1.807, 2.05) is 32.0 Å². The first kappa shape index (κ1) is 35.8. The Morgan fingerprint density at radius 2 is 1.72 bits per heavy atom. The SMILES string of the molecule is CCOc1cc([C@H]2NC(=O)NC(C)=C2C(=O)OC)ccc1OC[C@@H](O)N/N=C\c1cc(Cl)c(OCc2ccc3ccccc3c2)c(OCC)c1. The summed E-state index contributed by atoms with van der Waals surface area (Å²) in [4.78, 5) is 24.7. The lowest BCUT2D eigenvalue weighted by molar-refractivity contribution is -0.136. The molecule has 5 rings (SSSR count). The van der Waals surface area contributed by atoms with Gasteiger partial charge in [-0.2, -0.15) is 5.10 Å². The van der Waals surface area contributed by atoms with Crippen molar-refractivity contribution in [3.63, 3.8) is 0 Å². The van der Waals surface area contributed by atoms with Crippen LogP contribution in [0.3, 0.4) is 0 Å². The van der Waals surface area contributed by atoms with E-state index < -0.39 is 24.3 Å². The van der Waals surface area contributed by atoms with Gasteiger partial charge in [0.05, 0.1) is 43.2 Å². The summed E-state index contributed by atoms with van der Waals surface area (Å²) in [6, 6.07) is 21.5. The average molecular weight is 703 g/mol. The smallest absolute Gasteiger partial charge is 0.337 e. The number of fused-ring (bicyclic) bond motifs is 1. The molecular formula is C37H39ClN4O8. The molecule has 0 saturated carbocycles. The molecule has 50 heavy (non-hydrogen) atoms. The molecule has 1 aliphatic heterocycles. The first-order chi connectivity index (χ1) is 24.2. The van der Waals surface area contributed by atoms with Crippen LogP contribution in [-0.4, -0.2) is 56.5 Å². The number of hydrogen-bond acceptors (Lipinski definition) is 10. The summed E-state index contributed by atoms with van der Waals surface area (Å²) in [7, 11) is 1.27. The molecule has 0 aromatic heterocycles. The normalized spacial score (nSPS) is 14.9. The number of hydrazone groups is 1. The lowest BCUT2D eigenvalue weighted by Crippen LogP contribution is -2.45. The van der Waals surface area contributed by atoms with E-state index in [0.717, 1.165) is 16.3 Å². The first-order valence-electron chi connectivity index (χ1n) is 16.0. The summed E-state index contributed by atoms with van der Waals surface area (Å²) < 4.78 is 28.5. The van der Waals surface area contributed by atoms with Crippen molar-refractivity contribution in [2.45, 2.75) is 39.6 Å². The number of hydrogen-bond donors (Lipinski definition) is 4. The number of benzene rings is 4. The summed E-state index contributed by atoms with van der Waals surface area (Å²) >= 11 is 6.62. The van der Waals surface area contributed by atoms with Crippen LogP contribution in [-0.2, 0) is 16.1 Å². The molecule has 0 saturated heterocycles. The van der Waals surface area contributed by atoms with Crippen molar-refractivity contribution < 1.29 is 38.4 Å². The molecule has 0 fully saturated rings. The van der Waals surface area contributed by atoms with Crippen LogP contribution in [0.25, 0.3) is 10.8 Å². The third-order valence-electron chi connectivity index (χ3n) is 7.64. The Hall–Kier alpha value is -5.46. The lowest BCUT2D eigenvalue weighted by Gasteiger charge is -2.28. The maximum absolute atomic E-state index is 12.5. The number of urea groups is 1. The molecule has 1 aliphatic rings.